The molecule has 0 fully saturated rings. The van der Waals surface area contributed by atoms with Gasteiger partial charge in [0.05, 0.1) is 35.6 Å². The summed E-state index contributed by atoms with van der Waals surface area (Å²) in [5, 5.41) is 0. The van der Waals surface area contributed by atoms with Crippen LogP contribution in [0.2, 0.25) is 0 Å². The van der Waals surface area contributed by atoms with Crippen LogP contribution in [-0.2, 0) is 9.53 Å². The van der Waals surface area contributed by atoms with E-state index in [1.54, 1.807) is 31.6 Å². The van der Waals surface area contributed by atoms with Crippen LogP contribution in [0, 0.1) is 0 Å². The number of hydrogen-bond acceptors (Lipinski definition) is 6. The predicted molar refractivity (Wildman–Crippen MR) is 137 cm³/mol. The molecule has 6 nitrogen and oxygen atoms in total. The number of allylic oxidation sites excluding steroid dienone is 2. The lowest BCUT2D eigenvalue weighted by molar-refractivity contribution is -0.139. The van der Waals surface area contributed by atoms with Crippen molar-refractivity contribution in [1.29, 1.82) is 0 Å². The first-order chi connectivity index (χ1) is 16.4. The summed E-state index contributed by atoms with van der Waals surface area (Å²) < 4.78 is 13.7. The summed E-state index contributed by atoms with van der Waals surface area (Å²) >= 11 is 4.72. The Kier molecular flexibility index (Phi) is 7.29. The first kappa shape index (κ1) is 23.9. The average Bonchev–Trinajstić information content (AvgIpc) is 3.14. The summed E-state index contributed by atoms with van der Waals surface area (Å²) in [6, 6.07) is 14.6. The van der Waals surface area contributed by atoms with Crippen LogP contribution >= 0.6 is 27.3 Å². The van der Waals surface area contributed by atoms with Crippen molar-refractivity contribution in [1.82, 2.24) is 4.57 Å². The van der Waals surface area contributed by atoms with Gasteiger partial charge in [0.25, 0.3) is 5.56 Å². The molecule has 1 atom stereocenters. The smallest absolute Gasteiger partial charge is 0.338 e. The van der Waals surface area contributed by atoms with Gasteiger partial charge in [-0.05, 0) is 55.3 Å². The molecule has 0 saturated carbocycles. The van der Waals surface area contributed by atoms with Crippen molar-refractivity contribution in [2.45, 2.75) is 19.9 Å². The van der Waals surface area contributed by atoms with Crippen LogP contribution in [0.15, 0.2) is 80.1 Å². The Balaban J connectivity index is 1.83. The van der Waals surface area contributed by atoms with Gasteiger partial charge in [-0.2, -0.15) is 0 Å². The van der Waals surface area contributed by atoms with Crippen molar-refractivity contribution in [3.05, 3.63) is 101 Å². The molecule has 2 aromatic carbocycles. The topological polar surface area (TPSA) is 69.9 Å². The molecule has 0 amide bonds. The highest BCUT2D eigenvalue weighted by atomic mass is 79.9. The highest BCUT2D eigenvalue weighted by Gasteiger charge is 2.33. The quantitative estimate of drug-likeness (QED) is 0.440. The largest absolute Gasteiger partial charge is 0.497 e. The number of aromatic nitrogens is 1. The molecule has 174 valence electrons. The second-order valence-electron chi connectivity index (χ2n) is 7.51. The van der Waals surface area contributed by atoms with Gasteiger partial charge < -0.3 is 9.47 Å². The number of nitrogens with zero attached hydrogens (tertiary/aromatic N) is 2. The Morgan fingerprint density at radius 3 is 2.53 bits per heavy atom. The van der Waals surface area contributed by atoms with E-state index in [0.29, 0.717) is 26.4 Å². The number of carbonyl (C=O) groups excluding carboxylic acids is 1. The molecule has 1 aliphatic heterocycles. The van der Waals surface area contributed by atoms with E-state index in [9.17, 15) is 9.59 Å². The molecule has 1 aromatic heterocycles. The number of halogens is 1. The van der Waals surface area contributed by atoms with Gasteiger partial charge in [0.2, 0.25) is 0 Å². The minimum atomic E-state index is -0.640. The molecule has 3 aromatic rings. The Morgan fingerprint density at radius 1 is 1.18 bits per heavy atom. The minimum Gasteiger partial charge on any atom is -0.497 e. The van der Waals surface area contributed by atoms with E-state index in [-0.39, 0.29) is 12.2 Å². The maximum absolute atomic E-state index is 13.5. The first-order valence-electron chi connectivity index (χ1n) is 10.7. The fourth-order valence-corrected chi connectivity index (χ4v) is 4.99. The lowest BCUT2D eigenvalue weighted by Crippen LogP contribution is -2.39. The number of thiazole rings is 1. The highest BCUT2D eigenvalue weighted by molar-refractivity contribution is 9.10. The zero-order chi connectivity index (χ0) is 24.2. The molecular formula is C26H23BrN2O4S. The zero-order valence-electron chi connectivity index (χ0n) is 18.9. The van der Waals surface area contributed by atoms with E-state index in [1.807, 2.05) is 60.7 Å². The number of rotatable bonds is 6. The van der Waals surface area contributed by atoms with E-state index in [1.165, 1.54) is 11.3 Å². The summed E-state index contributed by atoms with van der Waals surface area (Å²) in [5.74, 6) is 0.210. The van der Waals surface area contributed by atoms with Crippen LogP contribution in [-0.4, -0.2) is 24.3 Å². The summed E-state index contributed by atoms with van der Waals surface area (Å²) in [4.78, 5) is 31.5. The molecule has 8 heteroatoms. The summed E-state index contributed by atoms with van der Waals surface area (Å²) in [7, 11) is 1.59. The third kappa shape index (κ3) is 4.83. The summed E-state index contributed by atoms with van der Waals surface area (Å²) in [6.07, 6.45) is 5.55. The number of esters is 1. The molecule has 4 rings (SSSR count). The molecule has 0 spiro atoms. The standard InChI is InChI=1S/C26H23BrN2O4S/c1-4-33-25(31)22-16(2)28-26-29(23(22)18-10-14-20(32-3)15-11-18)24(30)21(34-26)7-5-6-17-8-12-19(27)13-9-17/h5-15,23H,4H2,1-3H3/b6-5-,21-7?/t23-/m0/s1. The number of carbonyl (C=O) groups is 1. The Labute approximate surface area is 209 Å². The van der Waals surface area contributed by atoms with E-state index >= 15 is 0 Å². The number of ether oxygens (including phenoxy) is 2. The van der Waals surface area contributed by atoms with Gasteiger partial charge in [0.15, 0.2) is 4.80 Å². The molecule has 0 aliphatic carbocycles. The minimum absolute atomic E-state index is 0.209. The van der Waals surface area contributed by atoms with Gasteiger partial charge in [0.1, 0.15) is 5.75 Å². The fourth-order valence-electron chi connectivity index (χ4n) is 3.73. The molecule has 0 radical (unpaired) electrons. The maximum atomic E-state index is 13.5. The SMILES string of the molecule is CCOC(=O)C1=C(C)N=c2sc(=C/C=C\c3ccc(Br)cc3)c(=O)n2[C@H]1c1ccc(OC)cc1. The Hall–Kier alpha value is -3.23. The first-order valence-corrected chi connectivity index (χ1v) is 12.3. The maximum Gasteiger partial charge on any atom is 0.338 e. The van der Waals surface area contributed by atoms with Crippen LogP contribution in [0.25, 0.3) is 12.2 Å². The Bertz CT molecular complexity index is 1450. The van der Waals surface area contributed by atoms with Gasteiger partial charge in [-0.25, -0.2) is 9.79 Å². The lowest BCUT2D eigenvalue weighted by atomic mass is 9.96. The second kappa shape index (κ2) is 10.4. The van der Waals surface area contributed by atoms with Crippen LogP contribution in [0.4, 0.5) is 0 Å². The predicted octanol–water partition coefficient (Wildman–Crippen LogP) is 4.23. The number of benzene rings is 2. The van der Waals surface area contributed by atoms with E-state index in [2.05, 4.69) is 20.9 Å². The molecule has 0 bridgehead atoms. The van der Waals surface area contributed by atoms with E-state index in [0.717, 1.165) is 15.6 Å². The van der Waals surface area contributed by atoms with Crippen LogP contribution < -0.4 is 19.6 Å². The summed E-state index contributed by atoms with van der Waals surface area (Å²) in [5.41, 5.74) is 2.48. The van der Waals surface area contributed by atoms with Crippen molar-refractivity contribution < 1.29 is 14.3 Å². The molecule has 0 unspecified atom stereocenters. The van der Waals surface area contributed by atoms with Gasteiger partial charge in [-0.15, -0.1) is 0 Å². The van der Waals surface area contributed by atoms with Gasteiger partial charge in [-0.3, -0.25) is 9.36 Å². The molecule has 2 heterocycles. The average molecular weight is 539 g/mol. The van der Waals surface area contributed by atoms with Crippen molar-refractivity contribution in [3.8, 4) is 5.75 Å². The Morgan fingerprint density at radius 2 is 1.88 bits per heavy atom. The fraction of sp³-hybridized carbons (Fsp3) is 0.192. The monoisotopic (exact) mass is 538 g/mol. The third-order valence-electron chi connectivity index (χ3n) is 5.35. The van der Waals surface area contributed by atoms with Gasteiger partial charge in [0, 0.05) is 4.47 Å². The van der Waals surface area contributed by atoms with Crippen LogP contribution in [0.1, 0.15) is 31.0 Å². The zero-order valence-corrected chi connectivity index (χ0v) is 21.4. The molecular weight excluding hydrogens is 516 g/mol. The van der Waals surface area contributed by atoms with Gasteiger partial charge in [-0.1, -0.05) is 63.7 Å². The second-order valence-corrected chi connectivity index (χ2v) is 9.43. The van der Waals surface area contributed by atoms with Crippen LogP contribution in [0.3, 0.4) is 0 Å². The van der Waals surface area contributed by atoms with Crippen molar-refractivity contribution in [3.63, 3.8) is 0 Å². The normalized spacial score (nSPS) is 15.9. The van der Waals surface area contributed by atoms with E-state index in [4.69, 9.17) is 9.47 Å². The van der Waals surface area contributed by atoms with Crippen LogP contribution in [0.5, 0.6) is 5.75 Å². The molecule has 0 saturated heterocycles. The molecule has 1 aliphatic rings. The number of fused-ring (bicyclic) bond motifs is 1. The molecule has 34 heavy (non-hydrogen) atoms. The highest BCUT2D eigenvalue weighted by Crippen LogP contribution is 2.31. The molecule has 0 N–H and O–H groups in total. The van der Waals surface area contributed by atoms with E-state index < -0.39 is 12.0 Å². The van der Waals surface area contributed by atoms with Crippen molar-refractivity contribution in [2.24, 2.45) is 4.99 Å². The third-order valence-corrected chi connectivity index (χ3v) is 6.88. The summed E-state index contributed by atoms with van der Waals surface area (Å²) in [6.45, 7) is 3.76. The van der Waals surface area contributed by atoms with Crippen molar-refractivity contribution >= 4 is 45.4 Å². The van der Waals surface area contributed by atoms with Gasteiger partial charge >= 0.3 is 5.97 Å². The van der Waals surface area contributed by atoms with Crippen molar-refractivity contribution in [2.75, 3.05) is 13.7 Å². The number of methoxy groups -OCH3 is 1. The lowest BCUT2D eigenvalue weighted by Gasteiger charge is -2.24. The number of hydrogen-bond donors (Lipinski definition) is 0.